The fourth-order valence-electron chi connectivity index (χ4n) is 2.17. The van der Waals surface area contributed by atoms with Gasteiger partial charge in [0.1, 0.15) is 0 Å². The van der Waals surface area contributed by atoms with Crippen molar-refractivity contribution in [1.29, 1.82) is 5.26 Å². The molecular weight excluding hydrogens is 240 g/mol. The van der Waals surface area contributed by atoms with Crippen LogP contribution in [0.3, 0.4) is 0 Å². The summed E-state index contributed by atoms with van der Waals surface area (Å²) in [6.45, 7) is 4.33. The highest BCUT2D eigenvalue weighted by molar-refractivity contribution is 5.94. The van der Waals surface area contributed by atoms with Crippen LogP contribution in [0.25, 0.3) is 0 Å². The first-order chi connectivity index (χ1) is 9.13. The first-order valence-electron chi connectivity index (χ1n) is 6.49. The standard InChI is InChI=1S/C15H18N2O2/c1-15(5-7-19-8-6-15)11-17-14(18)13-4-2-3-12(9-13)10-16/h2-4,9H,5-8,11H2,1H3,(H,17,18). The lowest BCUT2D eigenvalue weighted by Crippen LogP contribution is -2.39. The Morgan fingerprint density at radius 1 is 1.47 bits per heavy atom. The number of amides is 1. The van der Waals surface area contributed by atoms with Crippen molar-refractivity contribution in [3.8, 4) is 6.07 Å². The number of nitrogens with one attached hydrogen (secondary N) is 1. The highest BCUT2D eigenvalue weighted by atomic mass is 16.5. The second-order valence-corrected chi connectivity index (χ2v) is 5.30. The molecule has 1 N–H and O–H groups in total. The molecule has 100 valence electrons. The van der Waals surface area contributed by atoms with Crippen molar-refractivity contribution in [2.24, 2.45) is 5.41 Å². The van der Waals surface area contributed by atoms with Crippen LogP contribution in [-0.2, 0) is 4.74 Å². The predicted molar refractivity (Wildman–Crippen MR) is 71.7 cm³/mol. The van der Waals surface area contributed by atoms with E-state index in [4.69, 9.17) is 10.00 Å². The van der Waals surface area contributed by atoms with Gasteiger partial charge in [-0.25, -0.2) is 0 Å². The Balaban J connectivity index is 1.95. The molecule has 1 amide bonds. The molecule has 1 aliphatic heterocycles. The smallest absolute Gasteiger partial charge is 0.251 e. The van der Waals surface area contributed by atoms with Crippen LogP contribution in [0.15, 0.2) is 24.3 Å². The summed E-state index contributed by atoms with van der Waals surface area (Å²) in [6, 6.07) is 8.79. The third kappa shape index (κ3) is 3.55. The van der Waals surface area contributed by atoms with Crippen molar-refractivity contribution in [1.82, 2.24) is 5.32 Å². The Labute approximate surface area is 113 Å². The molecule has 0 saturated carbocycles. The van der Waals surface area contributed by atoms with E-state index < -0.39 is 0 Å². The van der Waals surface area contributed by atoms with Gasteiger partial charge in [-0.1, -0.05) is 13.0 Å². The maximum absolute atomic E-state index is 12.0. The van der Waals surface area contributed by atoms with Crippen molar-refractivity contribution in [2.45, 2.75) is 19.8 Å². The molecule has 1 aliphatic rings. The highest BCUT2D eigenvalue weighted by Gasteiger charge is 2.27. The number of benzene rings is 1. The normalized spacial score (nSPS) is 17.5. The molecule has 4 nitrogen and oxygen atoms in total. The summed E-state index contributed by atoms with van der Waals surface area (Å²) in [5.74, 6) is -0.121. The van der Waals surface area contributed by atoms with E-state index in [0.29, 0.717) is 17.7 Å². The number of nitrogens with zero attached hydrogens (tertiary/aromatic N) is 1. The Bertz CT molecular complexity index is 499. The van der Waals surface area contributed by atoms with Gasteiger partial charge < -0.3 is 10.1 Å². The SMILES string of the molecule is CC1(CNC(=O)c2cccc(C#N)c2)CCOCC1. The summed E-state index contributed by atoms with van der Waals surface area (Å²) < 4.78 is 5.34. The quantitative estimate of drug-likeness (QED) is 0.903. The van der Waals surface area contributed by atoms with Crippen LogP contribution in [0, 0.1) is 16.7 Å². The second-order valence-electron chi connectivity index (χ2n) is 5.30. The van der Waals surface area contributed by atoms with E-state index in [1.54, 1.807) is 24.3 Å². The molecule has 19 heavy (non-hydrogen) atoms. The lowest BCUT2D eigenvalue weighted by atomic mass is 9.82. The topological polar surface area (TPSA) is 62.1 Å². The minimum absolute atomic E-state index is 0.112. The van der Waals surface area contributed by atoms with E-state index in [1.807, 2.05) is 6.07 Å². The Morgan fingerprint density at radius 2 is 2.21 bits per heavy atom. The maximum atomic E-state index is 12.0. The third-order valence-corrected chi connectivity index (χ3v) is 3.63. The molecule has 4 heteroatoms. The average molecular weight is 258 g/mol. The first-order valence-corrected chi connectivity index (χ1v) is 6.49. The number of carbonyl (C=O) groups is 1. The van der Waals surface area contributed by atoms with Crippen molar-refractivity contribution in [3.63, 3.8) is 0 Å². The van der Waals surface area contributed by atoms with Gasteiger partial charge in [-0.05, 0) is 36.5 Å². The van der Waals surface area contributed by atoms with Crippen LogP contribution < -0.4 is 5.32 Å². The van der Waals surface area contributed by atoms with Crippen molar-refractivity contribution in [2.75, 3.05) is 19.8 Å². The Kier molecular flexibility index (Phi) is 4.18. The third-order valence-electron chi connectivity index (χ3n) is 3.63. The molecule has 0 radical (unpaired) electrons. The monoisotopic (exact) mass is 258 g/mol. The zero-order valence-electron chi connectivity index (χ0n) is 11.1. The summed E-state index contributed by atoms with van der Waals surface area (Å²) in [5.41, 5.74) is 1.15. The molecule has 1 aromatic rings. The van der Waals surface area contributed by atoms with E-state index in [2.05, 4.69) is 12.2 Å². The summed E-state index contributed by atoms with van der Waals surface area (Å²) >= 11 is 0. The highest BCUT2D eigenvalue weighted by Crippen LogP contribution is 2.28. The van der Waals surface area contributed by atoms with Gasteiger partial charge >= 0.3 is 0 Å². The maximum Gasteiger partial charge on any atom is 0.251 e. The fourth-order valence-corrected chi connectivity index (χ4v) is 2.17. The summed E-state index contributed by atoms with van der Waals surface area (Å²) in [5, 5.41) is 11.8. The van der Waals surface area contributed by atoms with Crippen LogP contribution in [0.4, 0.5) is 0 Å². The van der Waals surface area contributed by atoms with E-state index in [-0.39, 0.29) is 11.3 Å². The number of nitriles is 1. The average Bonchev–Trinajstić information content (AvgIpc) is 2.46. The van der Waals surface area contributed by atoms with Crippen LogP contribution >= 0.6 is 0 Å². The summed E-state index contributed by atoms with van der Waals surface area (Å²) in [4.78, 5) is 12.0. The van der Waals surface area contributed by atoms with Crippen LogP contribution in [0.5, 0.6) is 0 Å². The van der Waals surface area contributed by atoms with Gasteiger partial charge in [0.15, 0.2) is 0 Å². The largest absolute Gasteiger partial charge is 0.381 e. The minimum Gasteiger partial charge on any atom is -0.381 e. The fraction of sp³-hybridized carbons (Fsp3) is 0.467. The number of rotatable bonds is 3. The van der Waals surface area contributed by atoms with E-state index in [9.17, 15) is 4.79 Å². The van der Waals surface area contributed by atoms with Gasteiger partial charge in [0.2, 0.25) is 0 Å². The number of ether oxygens (including phenoxy) is 1. The lowest BCUT2D eigenvalue weighted by molar-refractivity contribution is 0.0238. The molecule has 2 rings (SSSR count). The zero-order chi connectivity index (χ0) is 13.7. The molecule has 1 aromatic carbocycles. The van der Waals surface area contributed by atoms with Crippen LogP contribution in [0.1, 0.15) is 35.7 Å². The van der Waals surface area contributed by atoms with Gasteiger partial charge in [-0.3, -0.25) is 4.79 Å². The Hall–Kier alpha value is -1.86. The molecular formula is C15H18N2O2. The zero-order valence-corrected chi connectivity index (χ0v) is 11.1. The summed E-state index contributed by atoms with van der Waals surface area (Å²) in [7, 11) is 0. The van der Waals surface area contributed by atoms with Crippen molar-refractivity contribution >= 4 is 5.91 Å². The van der Waals surface area contributed by atoms with Crippen LogP contribution in [0.2, 0.25) is 0 Å². The number of hydrogen-bond donors (Lipinski definition) is 1. The van der Waals surface area contributed by atoms with E-state index in [1.165, 1.54) is 0 Å². The van der Waals surface area contributed by atoms with Gasteiger partial charge in [0.05, 0.1) is 11.6 Å². The molecule has 1 fully saturated rings. The molecule has 0 aromatic heterocycles. The van der Waals surface area contributed by atoms with Crippen LogP contribution in [-0.4, -0.2) is 25.7 Å². The number of carbonyl (C=O) groups excluding carboxylic acids is 1. The predicted octanol–water partition coefficient (Wildman–Crippen LogP) is 2.10. The molecule has 0 bridgehead atoms. The lowest BCUT2D eigenvalue weighted by Gasteiger charge is -2.33. The van der Waals surface area contributed by atoms with E-state index in [0.717, 1.165) is 26.1 Å². The first kappa shape index (κ1) is 13.6. The summed E-state index contributed by atoms with van der Waals surface area (Å²) in [6.07, 6.45) is 1.93. The number of hydrogen-bond acceptors (Lipinski definition) is 3. The van der Waals surface area contributed by atoms with Gasteiger partial charge in [-0.15, -0.1) is 0 Å². The second kappa shape index (κ2) is 5.85. The van der Waals surface area contributed by atoms with Gasteiger partial charge in [0, 0.05) is 25.3 Å². The molecule has 0 aliphatic carbocycles. The molecule has 0 spiro atoms. The van der Waals surface area contributed by atoms with Gasteiger partial charge in [0.25, 0.3) is 5.91 Å². The van der Waals surface area contributed by atoms with Crippen molar-refractivity contribution in [3.05, 3.63) is 35.4 Å². The van der Waals surface area contributed by atoms with Crippen molar-refractivity contribution < 1.29 is 9.53 Å². The molecule has 1 saturated heterocycles. The van der Waals surface area contributed by atoms with Gasteiger partial charge in [-0.2, -0.15) is 5.26 Å². The Morgan fingerprint density at radius 3 is 2.89 bits per heavy atom. The molecule has 0 unspecified atom stereocenters. The minimum atomic E-state index is -0.121. The molecule has 0 atom stereocenters. The molecule has 1 heterocycles. The van der Waals surface area contributed by atoms with E-state index >= 15 is 0 Å².